The maximum Gasteiger partial charge on any atom is 0.431 e. The van der Waals surface area contributed by atoms with E-state index in [-0.39, 0.29) is 5.56 Å². The van der Waals surface area contributed by atoms with Crippen molar-refractivity contribution in [3.8, 4) is 0 Å². The predicted octanol–water partition coefficient (Wildman–Crippen LogP) is 2.03. The SMILES string of the molecule is CC(C)C(=O)N1N=C(C(F)(F)F)CC1(O)c1ccncc1. The fraction of sp³-hybridized carbons (Fsp3) is 0.462. The molecule has 8 heteroatoms. The molecule has 0 saturated heterocycles. The second kappa shape index (κ2) is 5.10. The number of alkyl halides is 3. The van der Waals surface area contributed by atoms with Crippen molar-refractivity contribution in [1.82, 2.24) is 9.99 Å². The van der Waals surface area contributed by atoms with Crippen molar-refractivity contribution in [1.29, 1.82) is 0 Å². The molecule has 1 amide bonds. The van der Waals surface area contributed by atoms with E-state index in [0.29, 0.717) is 5.01 Å². The molecule has 0 fully saturated rings. The number of hydrazone groups is 1. The number of carbonyl (C=O) groups is 1. The number of pyridine rings is 1. The third kappa shape index (κ3) is 2.76. The van der Waals surface area contributed by atoms with Gasteiger partial charge in [0.15, 0.2) is 5.72 Å². The highest BCUT2D eigenvalue weighted by Crippen LogP contribution is 2.40. The highest BCUT2D eigenvalue weighted by Gasteiger charge is 2.53. The van der Waals surface area contributed by atoms with Crippen LogP contribution in [0.3, 0.4) is 0 Å². The van der Waals surface area contributed by atoms with Crippen LogP contribution in [0.15, 0.2) is 29.6 Å². The topological polar surface area (TPSA) is 65.8 Å². The molecule has 0 radical (unpaired) electrons. The third-order valence-corrected chi connectivity index (χ3v) is 3.16. The number of rotatable bonds is 2. The molecule has 0 aliphatic carbocycles. The van der Waals surface area contributed by atoms with Crippen LogP contribution in [0.25, 0.3) is 0 Å². The first-order chi connectivity index (χ1) is 9.66. The molecular formula is C13H14F3N3O2. The average molecular weight is 301 g/mol. The molecule has 1 aromatic heterocycles. The minimum atomic E-state index is -4.70. The molecule has 0 bridgehead atoms. The summed E-state index contributed by atoms with van der Waals surface area (Å²) in [6.07, 6.45) is -2.85. The van der Waals surface area contributed by atoms with Crippen molar-refractivity contribution < 1.29 is 23.1 Å². The van der Waals surface area contributed by atoms with Crippen molar-refractivity contribution in [2.75, 3.05) is 0 Å². The first kappa shape index (κ1) is 15.4. The summed E-state index contributed by atoms with van der Waals surface area (Å²) in [5, 5.41) is 14.5. The molecule has 114 valence electrons. The van der Waals surface area contributed by atoms with Crippen LogP contribution in [0.2, 0.25) is 0 Å². The van der Waals surface area contributed by atoms with Gasteiger partial charge < -0.3 is 5.11 Å². The minimum absolute atomic E-state index is 0.134. The summed E-state index contributed by atoms with van der Waals surface area (Å²) in [6, 6.07) is 2.71. The Hall–Kier alpha value is -1.96. The molecule has 5 nitrogen and oxygen atoms in total. The molecule has 1 aliphatic heterocycles. The molecule has 1 N–H and O–H groups in total. The predicted molar refractivity (Wildman–Crippen MR) is 67.9 cm³/mol. The van der Waals surface area contributed by atoms with Crippen molar-refractivity contribution in [2.24, 2.45) is 11.0 Å². The van der Waals surface area contributed by atoms with Crippen LogP contribution in [0, 0.1) is 5.92 Å². The van der Waals surface area contributed by atoms with Crippen molar-refractivity contribution in [3.05, 3.63) is 30.1 Å². The summed E-state index contributed by atoms with van der Waals surface area (Å²) in [5.74, 6) is -1.29. The largest absolute Gasteiger partial charge is 0.431 e. The fourth-order valence-electron chi connectivity index (χ4n) is 2.02. The summed E-state index contributed by atoms with van der Waals surface area (Å²) in [6.45, 7) is 3.05. The molecule has 0 spiro atoms. The quantitative estimate of drug-likeness (QED) is 0.909. The minimum Gasteiger partial charge on any atom is -0.365 e. The first-order valence-electron chi connectivity index (χ1n) is 6.28. The van der Waals surface area contributed by atoms with E-state index in [9.17, 15) is 23.1 Å². The van der Waals surface area contributed by atoms with Crippen LogP contribution in [-0.4, -0.2) is 32.9 Å². The Bertz CT molecular complexity index is 572. The van der Waals surface area contributed by atoms with Crippen molar-refractivity contribution >= 4 is 11.6 Å². The van der Waals surface area contributed by atoms with Crippen molar-refractivity contribution in [3.63, 3.8) is 0 Å². The third-order valence-electron chi connectivity index (χ3n) is 3.16. The van der Waals surface area contributed by atoms with Crippen LogP contribution in [0.1, 0.15) is 25.8 Å². The van der Waals surface area contributed by atoms with E-state index in [4.69, 9.17) is 0 Å². The van der Waals surface area contributed by atoms with Gasteiger partial charge in [0.1, 0.15) is 5.71 Å². The second-order valence-corrected chi connectivity index (χ2v) is 5.08. The van der Waals surface area contributed by atoms with E-state index in [1.165, 1.54) is 38.4 Å². The zero-order valence-electron chi connectivity index (χ0n) is 11.4. The zero-order chi connectivity index (χ0) is 15.8. The van der Waals surface area contributed by atoms with Crippen LogP contribution in [0.5, 0.6) is 0 Å². The van der Waals surface area contributed by atoms with Gasteiger partial charge in [-0.15, -0.1) is 0 Å². The number of carbonyl (C=O) groups excluding carboxylic acids is 1. The lowest BCUT2D eigenvalue weighted by Gasteiger charge is -2.32. The van der Waals surface area contributed by atoms with Crippen LogP contribution >= 0.6 is 0 Å². The van der Waals surface area contributed by atoms with E-state index < -0.39 is 35.9 Å². The van der Waals surface area contributed by atoms with Crippen LogP contribution in [-0.2, 0) is 10.5 Å². The maximum atomic E-state index is 12.9. The lowest BCUT2D eigenvalue weighted by molar-refractivity contribution is -0.161. The number of amides is 1. The molecule has 2 heterocycles. The molecule has 1 aliphatic rings. The van der Waals surface area contributed by atoms with Gasteiger partial charge in [-0.3, -0.25) is 9.78 Å². The van der Waals surface area contributed by atoms with Crippen molar-refractivity contribution in [2.45, 2.75) is 32.2 Å². The second-order valence-electron chi connectivity index (χ2n) is 5.08. The van der Waals surface area contributed by atoms with Crippen LogP contribution in [0.4, 0.5) is 13.2 Å². The molecule has 21 heavy (non-hydrogen) atoms. The monoisotopic (exact) mass is 301 g/mol. The lowest BCUT2D eigenvalue weighted by atomic mass is 9.97. The Labute approximate surface area is 119 Å². The molecule has 0 saturated carbocycles. The Kier molecular flexibility index (Phi) is 3.75. The Morgan fingerprint density at radius 3 is 2.43 bits per heavy atom. The van der Waals surface area contributed by atoms with Crippen LogP contribution < -0.4 is 0 Å². The number of hydrogen-bond donors (Lipinski definition) is 1. The van der Waals surface area contributed by atoms with Gasteiger partial charge in [0.05, 0.1) is 6.42 Å². The van der Waals surface area contributed by atoms with Gasteiger partial charge in [-0.25, -0.2) is 0 Å². The van der Waals surface area contributed by atoms with E-state index in [1.54, 1.807) is 0 Å². The Morgan fingerprint density at radius 2 is 1.95 bits per heavy atom. The summed E-state index contributed by atoms with van der Waals surface area (Å²) >= 11 is 0. The zero-order valence-corrected chi connectivity index (χ0v) is 11.4. The fourth-order valence-corrected chi connectivity index (χ4v) is 2.02. The number of aliphatic hydroxyl groups is 1. The van der Waals surface area contributed by atoms with E-state index >= 15 is 0 Å². The summed E-state index contributed by atoms with van der Waals surface area (Å²) in [5.41, 5.74) is -3.19. The van der Waals surface area contributed by atoms with E-state index in [1.807, 2.05) is 0 Å². The highest BCUT2D eigenvalue weighted by atomic mass is 19.4. The maximum absolute atomic E-state index is 12.9. The molecular weight excluding hydrogens is 287 g/mol. The van der Waals surface area contributed by atoms with Gasteiger partial charge in [0, 0.05) is 23.9 Å². The number of hydrogen-bond acceptors (Lipinski definition) is 4. The molecule has 1 atom stereocenters. The van der Waals surface area contributed by atoms with Gasteiger partial charge >= 0.3 is 6.18 Å². The molecule has 0 aromatic carbocycles. The summed E-state index contributed by atoms with van der Waals surface area (Å²) < 4.78 is 38.6. The Balaban J connectivity index is 2.48. The summed E-state index contributed by atoms with van der Waals surface area (Å²) in [7, 11) is 0. The average Bonchev–Trinajstić information content (AvgIpc) is 2.78. The summed E-state index contributed by atoms with van der Waals surface area (Å²) in [4.78, 5) is 15.8. The van der Waals surface area contributed by atoms with E-state index in [0.717, 1.165) is 0 Å². The number of nitrogens with zero attached hydrogens (tertiary/aromatic N) is 3. The van der Waals surface area contributed by atoms with Gasteiger partial charge in [-0.2, -0.15) is 23.3 Å². The standard InChI is InChI=1S/C13H14F3N3O2/c1-8(2)11(20)19-12(21,9-3-5-17-6-4-9)7-10(18-19)13(14,15)16/h3-6,8,21H,7H2,1-2H3. The number of halogens is 3. The lowest BCUT2D eigenvalue weighted by Crippen LogP contribution is -2.45. The van der Waals surface area contributed by atoms with Gasteiger partial charge in [-0.05, 0) is 12.1 Å². The molecule has 2 rings (SSSR count). The van der Waals surface area contributed by atoms with Gasteiger partial charge in [0.25, 0.3) is 0 Å². The van der Waals surface area contributed by atoms with E-state index in [2.05, 4.69) is 10.1 Å². The van der Waals surface area contributed by atoms with Gasteiger partial charge in [-0.1, -0.05) is 13.8 Å². The first-order valence-corrected chi connectivity index (χ1v) is 6.28. The van der Waals surface area contributed by atoms with Gasteiger partial charge in [0.2, 0.25) is 5.91 Å². The highest BCUT2D eigenvalue weighted by molar-refractivity contribution is 5.94. The smallest absolute Gasteiger partial charge is 0.365 e. The molecule has 1 unspecified atom stereocenters. The normalized spacial score (nSPS) is 22.6. The Morgan fingerprint density at radius 1 is 1.38 bits per heavy atom. The number of aromatic nitrogens is 1. The molecule has 1 aromatic rings.